The maximum atomic E-state index is 13.1. The maximum Gasteiger partial charge on any atom is 0.405 e. The van der Waals surface area contributed by atoms with Crippen LogP contribution in [0, 0.1) is 5.92 Å². The lowest BCUT2D eigenvalue weighted by Gasteiger charge is -2.28. The van der Waals surface area contributed by atoms with E-state index < -0.39 is 78.2 Å². The predicted molar refractivity (Wildman–Crippen MR) is 141 cm³/mol. The fraction of sp³-hybridized carbons (Fsp3) is 0.696. The molecule has 228 valence electrons. The van der Waals surface area contributed by atoms with Gasteiger partial charge in [0.2, 0.25) is 23.6 Å². The molecule has 0 unspecified atom stereocenters. The van der Waals surface area contributed by atoms with E-state index in [1.165, 1.54) is 0 Å². The number of nitrogens with two attached hydrogens (primary N) is 3. The topological polar surface area (TPSA) is 298 Å². The molecule has 0 fully saturated rings. The highest BCUT2D eigenvalue weighted by Crippen LogP contribution is 2.11. The van der Waals surface area contributed by atoms with Crippen LogP contribution in [-0.4, -0.2) is 89.2 Å². The molecule has 0 radical (unpaired) electrons. The van der Waals surface area contributed by atoms with Crippen molar-refractivity contribution in [3.05, 3.63) is 0 Å². The zero-order valence-electron chi connectivity index (χ0n) is 22.7. The van der Waals surface area contributed by atoms with Gasteiger partial charge < -0.3 is 54.0 Å². The highest BCUT2D eigenvalue weighted by atomic mass is 16.4. The van der Waals surface area contributed by atoms with E-state index in [1.54, 1.807) is 13.8 Å². The van der Waals surface area contributed by atoms with Gasteiger partial charge in [0.05, 0.1) is 6.42 Å². The smallest absolute Gasteiger partial charge is 0.405 e. The van der Waals surface area contributed by atoms with Gasteiger partial charge in [-0.05, 0) is 44.6 Å². The molecule has 0 aliphatic heterocycles. The van der Waals surface area contributed by atoms with Gasteiger partial charge in [-0.2, -0.15) is 0 Å². The molecule has 0 aromatic heterocycles. The van der Waals surface area contributed by atoms with Crippen LogP contribution in [0.1, 0.15) is 58.8 Å². The zero-order valence-corrected chi connectivity index (χ0v) is 22.7. The zero-order chi connectivity index (χ0) is 30.8. The lowest BCUT2D eigenvalue weighted by Crippen LogP contribution is -2.59. The molecule has 0 aliphatic rings. The molecular formula is C23H42N8O9. The van der Waals surface area contributed by atoms with Crippen molar-refractivity contribution in [1.82, 2.24) is 26.6 Å². The van der Waals surface area contributed by atoms with E-state index in [9.17, 15) is 38.7 Å². The van der Waals surface area contributed by atoms with E-state index in [0.29, 0.717) is 25.8 Å². The normalized spacial score (nSPS) is 14.4. The van der Waals surface area contributed by atoms with Crippen molar-refractivity contribution in [2.45, 2.75) is 83.0 Å². The van der Waals surface area contributed by atoms with Gasteiger partial charge in [-0.3, -0.25) is 24.0 Å². The van der Waals surface area contributed by atoms with Crippen LogP contribution < -0.4 is 43.8 Å². The summed E-state index contributed by atoms with van der Waals surface area (Å²) < 4.78 is 0. The first kappa shape index (κ1) is 35.9. The molecule has 0 aromatic carbocycles. The molecule has 0 bridgehead atoms. The molecule has 13 N–H and O–H groups in total. The Morgan fingerprint density at radius 2 is 1.32 bits per heavy atom. The molecule has 17 heteroatoms. The summed E-state index contributed by atoms with van der Waals surface area (Å²) in [5.41, 5.74) is 15.8. The first-order valence-corrected chi connectivity index (χ1v) is 12.9. The number of carbonyl (C=O) groups excluding carboxylic acids is 5. The second kappa shape index (κ2) is 19.0. The number of urea groups is 1. The average molecular weight is 575 g/mol. The van der Waals surface area contributed by atoms with Gasteiger partial charge in [-0.15, -0.1) is 0 Å². The highest BCUT2D eigenvalue weighted by molar-refractivity contribution is 5.96. The van der Waals surface area contributed by atoms with Crippen LogP contribution in [0.3, 0.4) is 0 Å². The van der Waals surface area contributed by atoms with Crippen LogP contribution in [0.5, 0.6) is 0 Å². The Hall–Kier alpha value is -4.15. The number of carboxylic acids is 1. The fourth-order valence-corrected chi connectivity index (χ4v) is 3.59. The number of aliphatic carboxylic acids is 1. The third kappa shape index (κ3) is 14.7. The summed E-state index contributed by atoms with van der Waals surface area (Å²) in [6.07, 6.45) is -0.698. The Balaban J connectivity index is 5.67. The summed E-state index contributed by atoms with van der Waals surface area (Å²) >= 11 is 0. The molecule has 40 heavy (non-hydrogen) atoms. The van der Waals surface area contributed by atoms with Crippen LogP contribution in [0.25, 0.3) is 0 Å². The number of rotatable bonds is 20. The number of primary amides is 2. The molecule has 0 aliphatic carbocycles. The van der Waals surface area contributed by atoms with Crippen molar-refractivity contribution in [2.75, 3.05) is 13.1 Å². The Morgan fingerprint density at radius 1 is 0.750 bits per heavy atom. The number of carboxylic acid groups (broad SMARTS) is 2. The molecule has 0 heterocycles. The first-order valence-electron chi connectivity index (χ1n) is 12.9. The molecule has 0 saturated heterocycles. The molecule has 0 saturated carbocycles. The summed E-state index contributed by atoms with van der Waals surface area (Å²) in [6.45, 7) is 3.81. The Bertz CT molecular complexity index is 902. The fourth-order valence-electron chi connectivity index (χ4n) is 3.59. The van der Waals surface area contributed by atoms with Gasteiger partial charge in [-0.25, -0.2) is 9.59 Å². The van der Waals surface area contributed by atoms with Gasteiger partial charge in [0, 0.05) is 6.54 Å². The van der Waals surface area contributed by atoms with E-state index in [0.717, 1.165) is 0 Å². The third-order valence-corrected chi connectivity index (χ3v) is 5.99. The molecule has 0 spiro atoms. The van der Waals surface area contributed by atoms with Crippen LogP contribution in [0.2, 0.25) is 0 Å². The minimum absolute atomic E-state index is 0.0537. The minimum Gasteiger partial charge on any atom is -0.481 e. The predicted octanol–water partition coefficient (Wildman–Crippen LogP) is -2.34. The van der Waals surface area contributed by atoms with Crippen molar-refractivity contribution < 1.29 is 43.8 Å². The quantitative estimate of drug-likeness (QED) is 0.0691. The van der Waals surface area contributed by atoms with Crippen LogP contribution in [0.15, 0.2) is 0 Å². The summed E-state index contributed by atoms with van der Waals surface area (Å²) in [7, 11) is 0. The van der Waals surface area contributed by atoms with Crippen molar-refractivity contribution in [2.24, 2.45) is 23.1 Å². The van der Waals surface area contributed by atoms with E-state index in [4.69, 9.17) is 22.3 Å². The Morgan fingerprint density at radius 3 is 1.82 bits per heavy atom. The molecule has 0 rings (SSSR count). The van der Waals surface area contributed by atoms with Gasteiger partial charge in [0.15, 0.2) is 0 Å². The van der Waals surface area contributed by atoms with E-state index in [-0.39, 0.29) is 25.8 Å². The molecule has 17 nitrogen and oxygen atoms in total. The Labute approximate surface area is 231 Å². The van der Waals surface area contributed by atoms with E-state index in [2.05, 4.69) is 21.3 Å². The van der Waals surface area contributed by atoms with Crippen molar-refractivity contribution in [1.29, 1.82) is 0 Å². The number of amides is 7. The second-order valence-electron chi connectivity index (χ2n) is 9.21. The first-order chi connectivity index (χ1) is 18.7. The summed E-state index contributed by atoms with van der Waals surface area (Å²) in [5.74, 6) is -5.49. The molecule has 0 aromatic rings. The lowest BCUT2D eigenvalue weighted by molar-refractivity contribution is -0.141. The molecular weight excluding hydrogens is 532 g/mol. The largest absolute Gasteiger partial charge is 0.481 e. The van der Waals surface area contributed by atoms with Gasteiger partial charge in [0.25, 0.3) is 0 Å². The highest BCUT2D eigenvalue weighted by Gasteiger charge is 2.33. The number of nitrogens with one attached hydrogen (secondary N) is 5. The molecule has 7 amide bonds. The number of carbonyl (C=O) groups is 7. The van der Waals surface area contributed by atoms with Crippen molar-refractivity contribution in [3.63, 3.8) is 0 Å². The number of hydrogen-bond acceptors (Lipinski definition) is 8. The lowest BCUT2D eigenvalue weighted by atomic mass is 9.97. The van der Waals surface area contributed by atoms with Crippen LogP contribution in [-0.2, 0) is 24.0 Å². The molecule has 5 atom stereocenters. The van der Waals surface area contributed by atoms with Crippen molar-refractivity contribution in [3.8, 4) is 0 Å². The monoisotopic (exact) mass is 574 g/mol. The SMILES string of the molecule is CC[C@H](C)[C@H](NC(=O)[C@H](CC(=O)O)NC(=O)[C@H](CCCCN)NC(=O)O)C(=O)N[C@@H](CCCNC(N)=O)C(N)=O. The van der Waals surface area contributed by atoms with Crippen LogP contribution in [0.4, 0.5) is 9.59 Å². The van der Waals surface area contributed by atoms with Crippen LogP contribution >= 0.6 is 0 Å². The summed E-state index contributed by atoms with van der Waals surface area (Å²) in [4.78, 5) is 84.1. The van der Waals surface area contributed by atoms with E-state index in [1.807, 2.05) is 5.32 Å². The van der Waals surface area contributed by atoms with Gasteiger partial charge in [0.1, 0.15) is 24.2 Å². The van der Waals surface area contributed by atoms with Gasteiger partial charge >= 0.3 is 18.1 Å². The minimum atomic E-state index is -1.65. The van der Waals surface area contributed by atoms with E-state index >= 15 is 0 Å². The van der Waals surface area contributed by atoms with Gasteiger partial charge in [-0.1, -0.05) is 20.3 Å². The Kier molecular flexibility index (Phi) is 17.0. The third-order valence-electron chi connectivity index (χ3n) is 5.99. The number of hydrogen-bond donors (Lipinski definition) is 10. The van der Waals surface area contributed by atoms with Crippen molar-refractivity contribution >= 4 is 41.7 Å². The summed E-state index contributed by atoms with van der Waals surface area (Å²) in [5, 5.41) is 29.9. The second-order valence-corrected chi connectivity index (χ2v) is 9.21. The standard InChI is InChI=1S/C23H42N8O9/c1-3-12(2)17(21(37)28-13(18(25)34)8-6-10-27-22(26)38)31-20(36)15(11-16(32)33)29-19(35)14(30-23(39)40)7-4-5-9-24/h12-15,17,30H,3-11,24H2,1-2H3,(H2,25,34)(H,28,37)(H,29,35)(H,31,36)(H,32,33)(H,39,40)(H3,26,27,38)/t12-,13-,14-,15-,17-/m0/s1. The summed E-state index contributed by atoms with van der Waals surface area (Å²) in [6, 6.07) is -6.07. The maximum absolute atomic E-state index is 13.1. The number of unbranched alkanes of at least 4 members (excludes halogenated alkanes) is 1. The average Bonchev–Trinajstić information content (AvgIpc) is 2.86.